The first kappa shape index (κ1) is 13.7. The number of amides is 1. The van der Waals surface area contributed by atoms with Gasteiger partial charge in [-0.2, -0.15) is 11.8 Å². The molecule has 0 radical (unpaired) electrons. The Balaban J connectivity index is 3.27. The van der Waals surface area contributed by atoms with Gasteiger partial charge < -0.3 is 0 Å². The fraction of sp³-hybridized carbons (Fsp3) is 0.857. The minimum atomic E-state index is -2.85. The smallest absolute Gasteiger partial charge is 0.233 e. The Hall–Kier alpha value is -0.270. The lowest BCUT2D eigenvalue weighted by atomic mass is 10.3. The molecule has 7 heteroatoms. The first-order chi connectivity index (χ1) is 6.45. The fourth-order valence-electron chi connectivity index (χ4n) is 0.719. The third kappa shape index (κ3) is 9.82. The van der Waals surface area contributed by atoms with E-state index in [-0.39, 0.29) is 11.7 Å². The normalized spacial score (nSPS) is 11.3. The van der Waals surface area contributed by atoms with Gasteiger partial charge in [0.1, 0.15) is 9.84 Å². The Labute approximate surface area is 88.7 Å². The maximum absolute atomic E-state index is 10.7. The molecule has 0 saturated heterocycles. The number of nitrogens with two attached hydrogens (primary N) is 1. The van der Waals surface area contributed by atoms with Crippen LogP contribution in [0.1, 0.15) is 12.8 Å². The molecule has 0 aliphatic carbocycles. The summed E-state index contributed by atoms with van der Waals surface area (Å²) >= 11 is 1.53. The molecule has 0 aliphatic rings. The molecule has 0 unspecified atom stereocenters. The Morgan fingerprint density at radius 1 is 1.43 bits per heavy atom. The second kappa shape index (κ2) is 7.08. The van der Waals surface area contributed by atoms with Gasteiger partial charge in [0, 0.05) is 18.4 Å². The highest BCUT2D eigenvalue weighted by Gasteiger charge is 2.02. The molecule has 1 amide bonds. The molecule has 5 nitrogen and oxygen atoms in total. The van der Waals surface area contributed by atoms with E-state index in [0.717, 1.165) is 12.2 Å². The lowest BCUT2D eigenvalue weighted by Gasteiger charge is -2.00. The van der Waals surface area contributed by atoms with Crippen molar-refractivity contribution in [2.24, 2.45) is 5.84 Å². The third-order valence-corrected chi connectivity index (χ3v) is 3.73. The molecule has 0 atom stereocenters. The zero-order chi connectivity index (χ0) is 11.0. The zero-order valence-electron chi connectivity index (χ0n) is 8.15. The molecule has 0 aliphatic heterocycles. The van der Waals surface area contributed by atoms with Gasteiger partial charge in [-0.25, -0.2) is 14.3 Å². The molecule has 0 aromatic carbocycles. The lowest BCUT2D eigenvalue weighted by Crippen LogP contribution is -2.29. The number of hydrazine groups is 1. The molecule has 84 valence electrons. The van der Waals surface area contributed by atoms with Crippen molar-refractivity contribution in [1.29, 1.82) is 0 Å². The van der Waals surface area contributed by atoms with Crippen LogP contribution in [0.25, 0.3) is 0 Å². The summed E-state index contributed by atoms with van der Waals surface area (Å²) in [5, 5.41) is 0. The molecule has 0 aromatic rings. The third-order valence-electron chi connectivity index (χ3n) is 1.45. The van der Waals surface area contributed by atoms with Crippen LogP contribution >= 0.6 is 11.8 Å². The molecule has 0 spiro atoms. The van der Waals surface area contributed by atoms with Crippen molar-refractivity contribution >= 4 is 27.5 Å². The number of hydrogen-bond acceptors (Lipinski definition) is 5. The summed E-state index contributed by atoms with van der Waals surface area (Å²) in [6, 6.07) is 0. The first-order valence-corrected chi connectivity index (χ1v) is 7.42. The standard InChI is InChI=1S/C7H16N2O3S2/c1-14(11,12)6-5-13-4-2-3-7(10)9-8/h2-6,8H2,1H3,(H,9,10). The topological polar surface area (TPSA) is 89.3 Å². The van der Waals surface area contributed by atoms with Gasteiger partial charge in [-0.3, -0.25) is 10.2 Å². The zero-order valence-corrected chi connectivity index (χ0v) is 9.79. The average molecular weight is 240 g/mol. The summed E-state index contributed by atoms with van der Waals surface area (Å²) in [5.41, 5.74) is 2.04. The van der Waals surface area contributed by atoms with Crippen LogP contribution in [0.5, 0.6) is 0 Å². The minimum Gasteiger partial charge on any atom is -0.294 e. The van der Waals surface area contributed by atoms with Crippen LogP contribution in [0.15, 0.2) is 0 Å². The first-order valence-electron chi connectivity index (χ1n) is 4.20. The maximum Gasteiger partial charge on any atom is 0.233 e. The molecule has 3 N–H and O–H groups in total. The van der Waals surface area contributed by atoms with Crippen LogP contribution in [0.2, 0.25) is 0 Å². The molecule has 0 heterocycles. The number of rotatable bonds is 7. The van der Waals surface area contributed by atoms with Crippen molar-refractivity contribution in [3.63, 3.8) is 0 Å². The Morgan fingerprint density at radius 2 is 2.07 bits per heavy atom. The Kier molecular flexibility index (Phi) is 6.94. The summed E-state index contributed by atoms with van der Waals surface area (Å²) in [7, 11) is -2.85. The van der Waals surface area contributed by atoms with Gasteiger partial charge in [-0.15, -0.1) is 0 Å². The van der Waals surface area contributed by atoms with E-state index in [9.17, 15) is 13.2 Å². The number of carbonyl (C=O) groups is 1. The summed E-state index contributed by atoms with van der Waals surface area (Å²) in [5.74, 6) is 6.26. The van der Waals surface area contributed by atoms with E-state index in [4.69, 9.17) is 5.84 Å². The summed E-state index contributed by atoms with van der Waals surface area (Å²) in [6.45, 7) is 0. The second-order valence-corrected chi connectivity index (χ2v) is 6.40. The van der Waals surface area contributed by atoms with Crippen molar-refractivity contribution in [3.05, 3.63) is 0 Å². The van der Waals surface area contributed by atoms with E-state index in [2.05, 4.69) is 0 Å². The predicted molar refractivity (Wildman–Crippen MR) is 58.6 cm³/mol. The number of hydrogen-bond donors (Lipinski definition) is 2. The summed E-state index contributed by atoms with van der Waals surface area (Å²) in [6.07, 6.45) is 2.33. The molecular formula is C7H16N2O3S2. The highest BCUT2D eigenvalue weighted by atomic mass is 32.2. The Morgan fingerprint density at radius 3 is 2.57 bits per heavy atom. The summed E-state index contributed by atoms with van der Waals surface area (Å²) in [4.78, 5) is 10.7. The largest absolute Gasteiger partial charge is 0.294 e. The number of sulfone groups is 1. The highest BCUT2D eigenvalue weighted by Crippen LogP contribution is 2.05. The number of carbonyl (C=O) groups excluding carboxylic acids is 1. The van der Waals surface area contributed by atoms with Crippen molar-refractivity contribution in [3.8, 4) is 0 Å². The molecule has 14 heavy (non-hydrogen) atoms. The lowest BCUT2D eigenvalue weighted by molar-refractivity contribution is -0.121. The molecule has 0 fully saturated rings. The van der Waals surface area contributed by atoms with Crippen LogP contribution in [0, 0.1) is 0 Å². The average Bonchev–Trinajstić information content (AvgIpc) is 2.08. The molecule has 0 rings (SSSR count). The van der Waals surface area contributed by atoms with Crippen molar-refractivity contribution in [2.75, 3.05) is 23.5 Å². The van der Waals surface area contributed by atoms with E-state index in [0.29, 0.717) is 12.2 Å². The van der Waals surface area contributed by atoms with E-state index >= 15 is 0 Å². The minimum absolute atomic E-state index is 0.186. The molecular weight excluding hydrogens is 224 g/mol. The highest BCUT2D eigenvalue weighted by molar-refractivity contribution is 8.00. The van der Waals surface area contributed by atoms with Gasteiger partial charge >= 0.3 is 0 Å². The van der Waals surface area contributed by atoms with Crippen molar-refractivity contribution in [2.45, 2.75) is 12.8 Å². The van der Waals surface area contributed by atoms with Gasteiger partial charge in [-0.1, -0.05) is 0 Å². The fourth-order valence-corrected chi connectivity index (χ4v) is 2.95. The van der Waals surface area contributed by atoms with Crippen LogP contribution < -0.4 is 11.3 Å². The van der Waals surface area contributed by atoms with Crippen LogP contribution in [0.3, 0.4) is 0 Å². The van der Waals surface area contributed by atoms with Crippen molar-refractivity contribution in [1.82, 2.24) is 5.43 Å². The van der Waals surface area contributed by atoms with Gasteiger partial charge in [0.2, 0.25) is 5.91 Å². The quantitative estimate of drug-likeness (QED) is 0.272. The van der Waals surface area contributed by atoms with Crippen LogP contribution in [-0.2, 0) is 14.6 Å². The van der Waals surface area contributed by atoms with Crippen molar-refractivity contribution < 1.29 is 13.2 Å². The van der Waals surface area contributed by atoms with Gasteiger partial charge in [0.25, 0.3) is 0 Å². The predicted octanol–water partition coefficient (Wildman–Crippen LogP) is -0.466. The Bertz CT molecular complexity index is 264. The molecule has 0 aromatic heterocycles. The number of nitrogens with one attached hydrogen (secondary N) is 1. The summed E-state index contributed by atoms with van der Waals surface area (Å²) < 4.78 is 21.4. The molecule has 0 bridgehead atoms. The van der Waals surface area contributed by atoms with E-state index in [1.807, 2.05) is 5.43 Å². The van der Waals surface area contributed by atoms with Crippen LogP contribution in [-0.4, -0.2) is 37.8 Å². The monoisotopic (exact) mass is 240 g/mol. The molecule has 0 saturated carbocycles. The number of thioether (sulfide) groups is 1. The van der Waals surface area contributed by atoms with E-state index in [1.54, 1.807) is 0 Å². The second-order valence-electron chi connectivity index (χ2n) is 2.91. The van der Waals surface area contributed by atoms with E-state index < -0.39 is 9.84 Å². The van der Waals surface area contributed by atoms with Gasteiger partial charge in [-0.05, 0) is 12.2 Å². The van der Waals surface area contributed by atoms with E-state index in [1.165, 1.54) is 18.0 Å². The van der Waals surface area contributed by atoms with Gasteiger partial charge in [0.05, 0.1) is 5.75 Å². The van der Waals surface area contributed by atoms with Gasteiger partial charge in [0.15, 0.2) is 0 Å². The SMILES string of the molecule is CS(=O)(=O)CCSCCCC(=O)NN. The van der Waals surface area contributed by atoms with Crippen LogP contribution in [0.4, 0.5) is 0 Å². The maximum atomic E-state index is 10.7.